The minimum absolute atomic E-state index is 0.0912. The third-order valence-electron chi connectivity index (χ3n) is 3.10. The van der Waals surface area contributed by atoms with Gasteiger partial charge in [-0.2, -0.15) is 0 Å². The summed E-state index contributed by atoms with van der Waals surface area (Å²) in [5.41, 5.74) is 7.03. The van der Waals surface area contributed by atoms with E-state index in [0.717, 1.165) is 17.5 Å². The first-order valence-electron chi connectivity index (χ1n) is 5.97. The van der Waals surface area contributed by atoms with E-state index < -0.39 is 18.3 Å². The Hall–Kier alpha value is -1.30. The average molecular weight is 286 g/mol. The number of benzene rings is 1. The fourth-order valence-electron chi connectivity index (χ4n) is 2.36. The number of carbonyl (C=O) groups is 1. The van der Waals surface area contributed by atoms with Crippen LogP contribution >= 0.6 is 11.6 Å². The Morgan fingerprint density at radius 1 is 1.53 bits per heavy atom. The maximum absolute atomic E-state index is 11.0. The molecule has 1 aromatic rings. The quantitative estimate of drug-likeness (QED) is 0.863. The predicted octanol–water partition coefficient (Wildman–Crippen LogP) is 2.41. The molecule has 0 unspecified atom stereocenters. The molecule has 0 bridgehead atoms. The van der Waals surface area contributed by atoms with Crippen LogP contribution in [0.25, 0.3) is 0 Å². The summed E-state index contributed by atoms with van der Waals surface area (Å²) in [4.78, 5) is 11.0. The van der Waals surface area contributed by atoms with Crippen molar-refractivity contribution < 1.29 is 19.0 Å². The number of primary amides is 1. The molecule has 1 aliphatic rings. The van der Waals surface area contributed by atoms with Gasteiger partial charge < -0.3 is 19.9 Å². The van der Waals surface area contributed by atoms with Crippen LogP contribution in [0.2, 0.25) is 5.02 Å². The minimum atomic E-state index is -0.813. The minimum Gasteiger partial charge on any atom is -0.443 e. The first kappa shape index (κ1) is 14.1. The van der Waals surface area contributed by atoms with Gasteiger partial charge in [0.25, 0.3) is 0 Å². The lowest BCUT2D eigenvalue weighted by molar-refractivity contribution is -0.119. The molecule has 0 aromatic heterocycles. The summed E-state index contributed by atoms with van der Waals surface area (Å²) in [6.07, 6.45) is -0.304. The first-order chi connectivity index (χ1) is 9.13. The van der Waals surface area contributed by atoms with Gasteiger partial charge in [-0.25, -0.2) is 4.79 Å². The van der Waals surface area contributed by atoms with Crippen LogP contribution in [0.15, 0.2) is 18.2 Å². The molecule has 1 aliphatic carbocycles. The third-order valence-corrected chi connectivity index (χ3v) is 3.43. The summed E-state index contributed by atoms with van der Waals surface area (Å²) in [7, 11) is 1.53. The van der Waals surface area contributed by atoms with Crippen molar-refractivity contribution in [3.8, 4) is 0 Å². The molecule has 5 nitrogen and oxygen atoms in total. The number of nitrogens with two attached hydrogens (primary N) is 1. The van der Waals surface area contributed by atoms with Gasteiger partial charge in [0.2, 0.25) is 0 Å². The maximum atomic E-state index is 11.0. The predicted molar refractivity (Wildman–Crippen MR) is 69.9 cm³/mol. The highest BCUT2D eigenvalue weighted by Gasteiger charge is 2.34. The summed E-state index contributed by atoms with van der Waals surface area (Å²) < 4.78 is 15.6. The molecular weight excluding hydrogens is 270 g/mol. The molecule has 2 N–H and O–H groups in total. The molecule has 1 aromatic carbocycles. The number of rotatable bonds is 4. The molecule has 0 radical (unpaired) electrons. The monoisotopic (exact) mass is 285 g/mol. The molecule has 0 heterocycles. The zero-order chi connectivity index (χ0) is 13.8. The van der Waals surface area contributed by atoms with Gasteiger partial charge in [-0.15, -0.1) is 0 Å². The van der Waals surface area contributed by atoms with E-state index in [1.54, 1.807) is 6.07 Å². The number of halogens is 1. The van der Waals surface area contributed by atoms with Crippen molar-refractivity contribution in [3.05, 3.63) is 34.3 Å². The lowest BCUT2D eigenvalue weighted by Gasteiger charge is -2.33. The number of carbonyl (C=O) groups excluding carboxylic acids is 1. The highest BCUT2D eigenvalue weighted by molar-refractivity contribution is 6.31. The molecule has 0 spiro atoms. The highest BCUT2D eigenvalue weighted by Crippen LogP contribution is 2.38. The van der Waals surface area contributed by atoms with E-state index in [2.05, 4.69) is 0 Å². The van der Waals surface area contributed by atoms with Crippen LogP contribution in [0.4, 0.5) is 4.79 Å². The Kier molecular flexibility index (Phi) is 4.63. The average Bonchev–Trinajstić information content (AvgIpc) is 2.37. The largest absolute Gasteiger partial charge is 0.443 e. The van der Waals surface area contributed by atoms with Gasteiger partial charge in [0.1, 0.15) is 19.0 Å². The first-order valence-corrected chi connectivity index (χ1v) is 6.35. The summed E-state index contributed by atoms with van der Waals surface area (Å²) >= 11 is 6.23. The molecule has 2 rings (SSSR count). The van der Waals surface area contributed by atoms with E-state index in [-0.39, 0.29) is 6.79 Å². The van der Waals surface area contributed by atoms with Gasteiger partial charge in [-0.05, 0) is 24.5 Å². The molecule has 0 fully saturated rings. The zero-order valence-electron chi connectivity index (χ0n) is 10.6. The Labute approximate surface area is 116 Å². The summed E-state index contributed by atoms with van der Waals surface area (Å²) in [6, 6.07) is 5.67. The van der Waals surface area contributed by atoms with Gasteiger partial charge in [-0.1, -0.05) is 23.7 Å². The van der Waals surface area contributed by atoms with Crippen LogP contribution in [-0.4, -0.2) is 26.1 Å². The fourth-order valence-corrected chi connectivity index (χ4v) is 2.66. The molecule has 0 saturated heterocycles. The summed E-state index contributed by atoms with van der Waals surface area (Å²) in [5, 5.41) is 0.594. The van der Waals surface area contributed by atoms with Crippen molar-refractivity contribution in [1.82, 2.24) is 0 Å². The van der Waals surface area contributed by atoms with Gasteiger partial charge >= 0.3 is 6.09 Å². The number of methoxy groups -OCH3 is 1. The molecule has 19 heavy (non-hydrogen) atoms. The number of aryl methyl sites for hydroxylation is 1. The number of fused-ring (bicyclic) bond motifs is 1. The SMILES string of the molecule is COCO[C@H]1c2c(Cl)cccc2CC[C@H]1OC(N)=O. The van der Waals surface area contributed by atoms with E-state index in [4.69, 9.17) is 31.5 Å². The Morgan fingerprint density at radius 3 is 3.00 bits per heavy atom. The topological polar surface area (TPSA) is 70.8 Å². The van der Waals surface area contributed by atoms with Crippen molar-refractivity contribution in [2.24, 2.45) is 5.73 Å². The van der Waals surface area contributed by atoms with Gasteiger partial charge in [0.15, 0.2) is 0 Å². The van der Waals surface area contributed by atoms with Crippen molar-refractivity contribution >= 4 is 17.7 Å². The van der Waals surface area contributed by atoms with Crippen molar-refractivity contribution in [2.45, 2.75) is 25.0 Å². The molecule has 104 valence electrons. The number of ether oxygens (including phenoxy) is 3. The number of amides is 1. The highest BCUT2D eigenvalue weighted by atomic mass is 35.5. The molecule has 0 aliphatic heterocycles. The van der Waals surface area contributed by atoms with E-state index >= 15 is 0 Å². The van der Waals surface area contributed by atoms with Gasteiger partial charge in [0.05, 0.1) is 0 Å². The van der Waals surface area contributed by atoms with Crippen LogP contribution < -0.4 is 5.73 Å². The molecule has 1 amide bonds. The van der Waals surface area contributed by atoms with E-state index in [0.29, 0.717) is 11.4 Å². The van der Waals surface area contributed by atoms with Gasteiger partial charge in [0, 0.05) is 17.7 Å². The number of hydrogen-bond donors (Lipinski definition) is 1. The molecule has 6 heteroatoms. The zero-order valence-corrected chi connectivity index (χ0v) is 11.4. The van der Waals surface area contributed by atoms with E-state index in [1.165, 1.54) is 7.11 Å². The lowest BCUT2D eigenvalue weighted by atomic mass is 9.87. The van der Waals surface area contributed by atoms with Crippen molar-refractivity contribution in [1.29, 1.82) is 0 Å². The third kappa shape index (κ3) is 3.18. The van der Waals surface area contributed by atoms with Crippen molar-refractivity contribution in [3.63, 3.8) is 0 Å². The number of hydrogen-bond acceptors (Lipinski definition) is 4. The standard InChI is InChI=1S/C13H16ClNO4/c1-17-7-18-12-10(19-13(15)16)6-5-8-3-2-4-9(14)11(8)12/h2-4,10,12H,5-7H2,1H3,(H2,15,16)/t10-,12-/m1/s1. The Morgan fingerprint density at radius 2 is 2.32 bits per heavy atom. The Balaban J connectivity index is 2.30. The Bertz CT molecular complexity index is 466. The summed E-state index contributed by atoms with van der Waals surface area (Å²) in [5.74, 6) is 0. The summed E-state index contributed by atoms with van der Waals surface area (Å²) in [6.45, 7) is 0.0912. The van der Waals surface area contributed by atoms with Gasteiger partial charge in [-0.3, -0.25) is 0 Å². The van der Waals surface area contributed by atoms with Crippen molar-refractivity contribution in [2.75, 3.05) is 13.9 Å². The van der Waals surface area contributed by atoms with E-state index in [9.17, 15) is 4.79 Å². The second-order valence-electron chi connectivity index (χ2n) is 4.32. The lowest BCUT2D eigenvalue weighted by Crippen LogP contribution is -2.34. The van der Waals surface area contributed by atoms with E-state index in [1.807, 2.05) is 12.1 Å². The van der Waals surface area contributed by atoms with Crippen LogP contribution in [0.1, 0.15) is 23.7 Å². The van der Waals surface area contributed by atoms with Crippen LogP contribution in [-0.2, 0) is 20.6 Å². The van der Waals surface area contributed by atoms with Crippen LogP contribution in [0, 0.1) is 0 Å². The smallest absolute Gasteiger partial charge is 0.404 e. The molecular formula is C13H16ClNO4. The second kappa shape index (κ2) is 6.23. The normalized spacial score (nSPS) is 21.8. The maximum Gasteiger partial charge on any atom is 0.404 e. The van der Waals surface area contributed by atoms with Crippen LogP contribution in [0.5, 0.6) is 0 Å². The second-order valence-corrected chi connectivity index (χ2v) is 4.73. The van der Waals surface area contributed by atoms with Crippen LogP contribution in [0.3, 0.4) is 0 Å². The fraction of sp³-hybridized carbons (Fsp3) is 0.462. The molecule has 0 saturated carbocycles. The molecule has 2 atom stereocenters.